The molecule has 2 N–H and O–H groups in total. The van der Waals surface area contributed by atoms with Crippen molar-refractivity contribution in [1.29, 1.82) is 0 Å². The highest BCUT2D eigenvalue weighted by Crippen LogP contribution is 2.22. The van der Waals surface area contributed by atoms with Crippen molar-refractivity contribution in [3.05, 3.63) is 42.0 Å². The Morgan fingerprint density at radius 1 is 0.909 bits per heavy atom. The van der Waals surface area contributed by atoms with Gasteiger partial charge in [0.15, 0.2) is 0 Å². The maximum atomic E-state index is 5.57. The van der Waals surface area contributed by atoms with E-state index in [2.05, 4.69) is 55.3 Å². The third kappa shape index (κ3) is 4.98. The normalized spacial score (nSPS) is 11.0. The van der Waals surface area contributed by atoms with Crippen LogP contribution in [0.1, 0.15) is 5.56 Å². The molecule has 0 fully saturated rings. The van der Waals surface area contributed by atoms with E-state index in [0.717, 1.165) is 6.54 Å². The number of anilines is 1. The Hall–Kier alpha value is -1.62. The second kappa shape index (κ2) is 8.73. The van der Waals surface area contributed by atoms with Gasteiger partial charge in [0.05, 0.1) is 26.4 Å². The molecule has 22 heavy (non-hydrogen) atoms. The Labute approximate surface area is 132 Å². The smallest absolute Gasteiger partial charge is 0.0701 e. The molecule has 2 aromatic carbocycles. The van der Waals surface area contributed by atoms with Crippen LogP contribution in [-0.2, 0) is 9.47 Å². The summed E-state index contributed by atoms with van der Waals surface area (Å²) in [4.78, 5) is 2.21. The summed E-state index contributed by atoms with van der Waals surface area (Å²) in [7, 11) is 2.09. The summed E-state index contributed by atoms with van der Waals surface area (Å²) >= 11 is 0. The molecule has 0 aromatic heterocycles. The Morgan fingerprint density at radius 3 is 2.36 bits per heavy atom. The van der Waals surface area contributed by atoms with Crippen molar-refractivity contribution in [1.82, 2.24) is 0 Å². The summed E-state index contributed by atoms with van der Waals surface area (Å²) in [5.74, 6) is 0. The highest BCUT2D eigenvalue weighted by atomic mass is 16.5. The monoisotopic (exact) mass is 302 g/mol. The number of likely N-dealkylation sites (N-methyl/N-ethyl adjacent to an activating group) is 1. The summed E-state index contributed by atoms with van der Waals surface area (Å²) in [6.07, 6.45) is 0. The molecule has 0 unspecified atom stereocenters. The minimum Gasteiger partial charge on any atom is -0.378 e. The van der Waals surface area contributed by atoms with Gasteiger partial charge in [0.1, 0.15) is 0 Å². The number of nitrogens with zero attached hydrogens (tertiary/aromatic N) is 1. The molecule has 0 radical (unpaired) electrons. The summed E-state index contributed by atoms with van der Waals surface area (Å²) < 4.78 is 10.8. The third-order valence-electron chi connectivity index (χ3n) is 3.63. The van der Waals surface area contributed by atoms with Crippen molar-refractivity contribution in [3.8, 4) is 0 Å². The molecule has 0 atom stereocenters. The van der Waals surface area contributed by atoms with Gasteiger partial charge in [-0.25, -0.2) is 0 Å². The van der Waals surface area contributed by atoms with Gasteiger partial charge < -0.3 is 20.1 Å². The number of ether oxygens (including phenoxy) is 2. The lowest BCUT2D eigenvalue weighted by molar-refractivity contribution is 0.0536. The Kier molecular flexibility index (Phi) is 6.65. The topological polar surface area (TPSA) is 47.7 Å². The predicted octanol–water partition coefficient (Wildman–Crippen LogP) is 2.58. The molecule has 0 saturated carbocycles. The summed E-state index contributed by atoms with van der Waals surface area (Å²) in [5, 5.41) is 2.55. The Morgan fingerprint density at radius 2 is 1.59 bits per heavy atom. The highest BCUT2D eigenvalue weighted by molar-refractivity contribution is 5.86. The van der Waals surface area contributed by atoms with Crippen LogP contribution in [0.25, 0.3) is 10.8 Å². The van der Waals surface area contributed by atoms with Crippen molar-refractivity contribution in [2.45, 2.75) is 6.92 Å². The second-order valence-electron chi connectivity index (χ2n) is 5.47. The van der Waals surface area contributed by atoms with E-state index in [1.807, 2.05) is 0 Å². The number of aryl methyl sites for hydroxylation is 1. The molecule has 120 valence electrons. The van der Waals surface area contributed by atoms with Crippen LogP contribution < -0.4 is 10.6 Å². The zero-order valence-electron chi connectivity index (χ0n) is 13.5. The molecule has 4 nitrogen and oxygen atoms in total. The quantitative estimate of drug-likeness (QED) is 0.723. The van der Waals surface area contributed by atoms with Gasteiger partial charge in [0.25, 0.3) is 0 Å². The molecule has 0 aliphatic rings. The average Bonchev–Trinajstić information content (AvgIpc) is 2.53. The molecule has 2 rings (SSSR count). The van der Waals surface area contributed by atoms with Crippen LogP contribution in [0, 0.1) is 6.92 Å². The van der Waals surface area contributed by atoms with E-state index in [-0.39, 0.29) is 0 Å². The fourth-order valence-electron chi connectivity index (χ4n) is 2.33. The molecular weight excluding hydrogens is 276 g/mol. The van der Waals surface area contributed by atoms with E-state index < -0.39 is 0 Å². The average molecular weight is 302 g/mol. The van der Waals surface area contributed by atoms with Crippen molar-refractivity contribution in [2.24, 2.45) is 5.73 Å². The molecule has 4 heteroatoms. The van der Waals surface area contributed by atoms with Crippen molar-refractivity contribution >= 4 is 16.5 Å². The first-order valence-electron chi connectivity index (χ1n) is 7.78. The van der Waals surface area contributed by atoms with Crippen LogP contribution in [0.15, 0.2) is 36.4 Å². The molecule has 0 amide bonds. The van der Waals surface area contributed by atoms with Crippen LogP contribution in [-0.4, -0.2) is 46.6 Å². The van der Waals surface area contributed by atoms with E-state index in [1.165, 1.54) is 22.0 Å². The van der Waals surface area contributed by atoms with Crippen molar-refractivity contribution in [2.75, 3.05) is 51.5 Å². The van der Waals surface area contributed by atoms with E-state index in [9.17, 15) is 0 Å². The van der Waals surface area contributed by atoms with Crippen molar-refractivity contribution < 1.29 is 9.47 Å². The van der Waals surface area contributed by atoms with Gasteiger partial charge in [-0.1, -0.05) is 29.8 Å². The van der Waals surface area contributed by atoms with Gasteiger partial charge in [-0.05, 0) is 29.8 Å². The predicted molar refractivity (Wildman–Crippen MR) is 92.6 cm³/mol. The van der Waals surface area contributed by atoms with Crippen LogP contribution >= 0.6 is 0 Å². The fraction of sp³-hybridized carbons (Fsp3) is 0.444. The Balaban J connectivity index is 1.80. The number of fused-ring (bicyclic) bond motifs is 1. The number of nitrogens with two attached hydrogens (primary N) is 1. The van der Waals surface area contributed by atoms with Crippen LogP contribution in [0.4, 0.5) is 5.69 Å². The van der Waals surface area contributed by atoms with Gasteiger partial charge in [0, 0.05) is 25.8 Å². The molecule has 0 saturated heterocycles. The Bertz CT molecular complexity index is 586. The van der Waals surface area contributed by atoms with Gasteiger partial charge in [0.2, 0.25) is 0 Å². The number of rotatable bonds is 9. The molecule has 0 bridgehead atoms. The molecule has 2 aromatic rings. The number of hydrogen-bond acceptors (Lipinski definition) is 4. The highest BCUT2D eigenvalue weighted by Gasteiger charge is 2.02. The van der Waals surface area contributed by atoms with Gasteiger partial charge >= 0.3 is 0 Å². The van der Waals surface area contributed by atoms with E-state index >= 15 is 0 Å². The molecular formula is C18H26N2O2. The lowest BCUT2D eigenvalue weighted by atomic mass is 10.1. The first kappa shape index (κ1) is 16.7. The lowest BCUT2D eigenvalue weighted by Crippen LogP contribution is -2.23. The van der Waals surface area contributed by atoms with Crippen LogP contribution in [0.3, 0.4) is 0 Å². The standard InChI is InChI=1S/C18H26N2O2/c1-15-3-4-17-14-18(6-5-16(17)13-15)20(2)8-10-22-12-11-21-9-7-19/h3-6,13-14H,7-12,19H2,1-2H3. The fourth-order valence-corrected chi connectivity index (χ4v) is 2.33. The summed E-state index contributed by atoms with van der Waals surface area (Å²) in [6.45, 7) is 6.04. The summed E-state index contributed by atoms with van der Waals surface area (Å²) in [6, 6.07) is 13.1. The first-order valence-corrected chi connectivity index (χ1v) is 7.78. The second-order valence-corrected chi connectivity index (χ2v) is 5.47. The van der Waals surface area contributed by atoms with Gasteiger partial charge in [-0.3, -0.25) is 0 Å². The minimum absolute atomic E-state index is 0.560. The number of hydrogen-bond donors (Lipinski definition) is 1. The zero-order chi connectivity index (χ0) is 15.8. The van der Waals surface area contributed by atoms with Crippen LogP contribution in [0.5, 0.6) is 0 Å². The largest absolute Gasteiger partial charge is 0.378 e. The minimum atomic E-state index is 0.560. The zero-order valence-corrected chi connectivity index (χ0v) is 13.5. The lowest BCUT2D eigenvalue weighted by Gasteiger charge is -2.20. The molecule has 0 heterocycles. The number of benzene rings is 2. The molecule has 0 aliphatic heterocycles. The van der Waals surface area contributed by atoms with Gasteiger partial charge in [-0.2, -0.15) is 0 Å². The molecule has 0 aliphatic carbocycles. The molecule has 0 spiro atoms. The van der Waals surface area contributed by atoms with Crippen molar-refractivity contribution in [3.63, 3.8) is 0 Å². The third-order valence-corrected chi connectivity index (χ3v) is 3.63. The van der Waals surface area contributed by atoms with E-state index in [4.69, 9.17) is 15.2 Å². The van der Waals surface area contributed by atoms with E-state index in [0.29, 0.717) is 33.0 Å². The van der Waals surface area contributed by atoms with Crippen LogP contribution in [0.2, 0.25) is 0 Å². The first-order chi connectivity index (χ1) is 10.7. The maximum Gasteiger partial charge on any atom is 0.0701 e. The van der Waals surface area contributed by atoms with E-state index in [1.54, 1.807) is 0 Å². The maximum absolute atomic E-state index is 5.57. The van der Waals surface area contributed by atoms with Gasteiger partial charge in [-0.15, -0.1) is 0 Å². The SMILES string of the molecule is Cc1ccc2cc(N(C)CCOCCOCCN)ccc2c1. The summed E-state index contributed by atoms with van der Waals surface area (Å²) in [5.41, 5.74) is 7.85.